The van der Waals surface area contributed by atoms with Crippen molar-refractivity contribution in [2.75, 3.05) is 0 Å². The molecule has 0 fully saturated rings. The minimum Gasteiger partial charge on any atom is -0.350 e. The summed E-state index contributed by atoms with van der Waals surface area (Å²) in [7, 11) is 0. The number of nitrogens with zero attached hydrogens (tertiary/aromatic N) is 3. The van der Waals surface area contributed by atoms with Crippen LogP contribution in [0.3, 0.4) is 0 Å². The van der Waals surface area contributed by atoms with Gasteiger partial charge in [0.1, 0.15) is 0 Å². The second-order valence-electron chi connectivity index (χ2n) is 7.03. The normalized spacial score (nSPS) is 12.8. The molecule has 1 amide bonds. The number of hydrogen-bond donors (Lipinski definition) is 2. The molecular formula is C21H17ClF3N5O. The number of hydrogen-bond acceptors (Lipinski definition) is 3. The Labute approximate surface area is 180 Å². The third-order valence-corrected chi connectivity index (χ3v) is 5.18. The molecule has 1 atom stereocenters. The smallest absolute Gasteiger partial charge is 0.350 e. The molecule has 0 saturated carbocycles. The van der Waals surface area contributed by atoms with E-state index in [1.165, 1.54) is 6.07 Å². The van der Waals surface area contributed by atoms with Crippen molar-refractivity contribution in [3.63, 3.8) is 0 Å². The monoisotopic (exact) mass is 447 g/mol. The number of carbonyl (C=O) groups is 1. The maximum Gasteiger partial charge on any atom is 0.435 e. The van der Waals surface area contributed by atoms with Gasteiger partial charge in [-0.05, 0) is 42.8 Å². The Hall–Kier alpha value is -3.33. The van der Waals surface area contributed by atoms with Crippen LogP contribution in [0.25, 0.3) is 16.6 Å². The summed E-state index contributed by atoms with van der Waals surface area (Å²) < 4.78 is 40.9. The van der Waals surface area contributed by atoms with Gasteiger partial charge in [-0.1, -0.05) is 29.8 Å². The van der Waals surface area contributed by atoms with Gasteiger partial charge < -0.3 is 5.32 Å². The molecule has 0 saturated heterocycles. The minimum absolute atomic E-state index is 0.139. The van der Waals surface area contributed by atoms with Crippen LogP contribution in [0.1, 0.15) is 29.8 Å². The fourth-order valence-electron chi connectivity index (χ4n) is 3.36. The van der Waals surface area contributed by atoms with Crippen LogP contribution in [0.5, 0.6) is 0 Å². The van der Waals surface area contributed by atoms with E-state index in [-0.39, 0.29) is 18.1 Å². The van der Waals surface area contributed by atoms with Gasteiger partial charge in [-0.25, -0.2) is 4.68 Å². The third kappa shape index (κ3) is 4.27. The summed E-state index contributed by atoms with van der Waals surface area (Å²) in [5.41, 5.74) is 1.06. The van der Waals surface area contributed by atoms with Crippen LogP contribution in [0.15, 0.2) is 54.7 Å². The number of benzene rings is 2. The second-order valence-corrected chi connectivity index (χ2v) is 7.46. The van der Waals surface area contributed by atoms with E-state index in [9.17, 15) is 18.0 Å². The van der Waals surface area contributed by atoms with Crippen LogP contribution < -0.4 is 5.32 Å². The Kier molecular flexibility index (Phi) is 5.45. The molecule has 0 aliphatic carbocycles. The number of H-pyrrole nitrogens is 1. The van der Waals surface area contributed by atoms with E-state index >= 15 is 0 Å². The number of aromatic amines is 1. The molecule has 0 aliphatic rings. The number of nitrogens with one attached hydrogen (secondary N) is 2. The first-order chi connectivity index (χ1) is 14.7. The molecule has 2 N–H and O–H groups in total. The number of amides is 1. The molecule has 1 unspecified atom stereocenters. The third-order valence-electron chi connectivity index (χ3n) is 4.95. The Morgan fingerprint density at radius 3 is 2.74 bits per heavy atom. The van der Waals surface area contributed by atoms with Gasteiger partial charge in [0.2, 0.25) is 5.91 Å². The number of carbonyl (C=O) groups excluding carboxylic acids is 1. The standard InChI is InChI=1S/C21H17ClF3N5O/c1-12(16-6-3-7-18-17(16)11-27-28-18)20(31)26-10-15-9-19(21(23,24)25)29-30(15)14-5-2-4-13(22)8-14/h2-9,11-12H,10H2,1H3,(H,26,31)(H,27,28). The molecule has 4 aromatic rings. The second kappa shape index (κ2) is 8.07. The molecule has 2 heterocycles. The van der Waals surface area contributed by atoms with Crippen molar-refractivity contribution in [2.24, 2.45) is 0 Å². The molecule has 0 aliphatic heterocycles. The van der Waals surface area contributed by atoms with Crippen LogP contribution in [0.4, 0.5) is 13.2 Å². The highest BCUT2D eigenvalue weighted by atomic mass is 35.5. The van der Waals surface area contributed by atoms with E-state index in [1.807, 2.05) is 18.2 Å². The van der Waals surface area contributed by atoms with Crippen molar-refractivity contribution >= 4 is 28.4 Å². The predicted molar refractivity (Wildman–Crippen MR) is 110 cm³/mol. The van der Waals surface area contributed by atoms with E-state index in [0.29, 0.717) is 10.7 Å². The number of aromatic nitrogens is 4. The zero-order valence-corrected chi connectivity index (χ0v) is 17.0. The molecule has 0 radical (unpaired) electrons. The fraction of sp³-hybridized carbons (Fsp3) is 0.190. The highest BCUT2D eigenvalue weighted by Crippen LogP contribution is 2.30. The van der Waals surface area contributed by atoms with Gasteiger partial charge in [0.15, 0.2) is 5.69 Å². The lowest BCUT2D eigenvalue weighted by Gasteiger charge is -2.14. The Balaban J connectivity index is 1.59. The number of halogens is 4. The highest BCUT2D eigenvalue weighted by molar-refractivity contribution is 6.30. The zero-order chi connectivity index (χ0) is 22.2. The van der Waals surface area contributed by atoms with Gasteiger partial charge in [0, 0.05) is 10.4 Å². The van der Waals surface area contributed by atoms with E-state index < -0.39 is 17.8 Å². The van der Waals surface area contributed by atoms with E-state index in [1.54, 1.807) is 31.3 Å². The molecule has 160 valence electrons. The number of alkyl halides is 3. The molecular weight excluding hydrogens is 431 g/mol. The van der Waals surface area contributed by atoms with Crippen LogP contribution in [0.2, 0.25) is 5.02 Å². The summed E-state index contributed by atoms with van der Waals surface area (Å²) in [5, 5.41) is 14.4. The van der Waals surface area contributed by atoms with E-state index in [4.69, 9.17) is 11.6 Å². The minimum atomic E-state index is -4.62. The summed E-state index contributed by atoms with van der Waals surface area (Å²) in [4.78, 5) is 12.8. The van der Waals surface area contributed by atoms with E-state index in [0.717, 1.165) is 27.2 Å². The summed E-state index contributed by atoms with van der Waals surface area (Å²) in [6, 6.07) is 12.7. The SMILES string of the molecule is CC(C(=O)NCc1cc(C(F)(F)F)nn1-c1cccc(Cl)c1)c1cccc2[nH]ncc12. The first-order valence-corrected chi connectivity index (χ1v) is 9.73. The van der Waals surface area contributed by atoms with Crippen molar-refractivity contribution in [1.82, 2.24) is 25.3 Å². The highest BCUT2D eigenvalue weighted by Gasteiger charge is 2.35. The molecule has 6 nitrogen and oxygen atoms in total. The van der Waals surface area contributed by atoms with E-state index in [2.05, 4.69) is 20.6 Å². The van der Waals surface area contributed by atoms with Gasteiger partial charge in [-0.15, -0.1) is 0 Å². The Morgan fingerprint density at radius 1 is 1.23 bits per heavy atom. The first kappa shape index (κ1) is 20.9. The molecule has 4 rings (SSSR count). The van der Waals surface area contributed by atoms with Crippen LogP contribution in [0, 0.1) is 0 Å². The first-order valence-electron chi connectivity index (χ1n) is 9.36. The molecule has 31 heavy (non-hydrogen) atoms. The largest absolute Gasteiger partial charge is 0.435 e. The topological polar surface area (TPSA) is 75.6 Å². The lowest BCUT2D eigenvalue weighted by atomic mass is 9.97. The van der Waals surface area contributed by atoms with Crippen LogP contribution in [-0.4, -0.2) is 25.9 Å². The zero-order valence-electron chi connectivity index (χ0n) is 16.2. The molecule has 2 aromatic carbocycles. The summed E-state index contributed by atoms with van der Waals surface area (Å²) in [5.74, 6) is -0.868. The summed E-state index contributed by atoms with van der Waals surface area (Å²) in [6.07, 6.45) is -2.98. The van der Waals surface area contributed by atoms with Gasteiger partial charge in [0.05, 0.1) is 35.6 Å². The van der Waals surface area contributed by atoms with Crippen LogP contribution >= 0.6 is 11.6 Å². The maximum atomic E-state index is 13.2. The lowest BCUT2D eigenvalue weighted by Crippen LogP contribution is -2.28. The molecule has 10 heteroatoms. The summed E-state index contributed by atoms with van der Waals surface area (Å²) in [6.45, 7) is 1.59. The molecule has 0 bridgehead atoms. The number of rotatable bonds is 5. The van der Waals surface area contributed by atoms with Gasteiger partial charge >= 0.3 is 6.18 Å². The summed E-state index contributed by atoms with van der Waals surface area (Å²) >= 11 is 5.98. The van der Waals surface area contributed by atoms with Crippen molar-refractivity contribution in [3.05, 3.63) is 76.7 Å². The van der Waals surface area contributed by atoms with Crippen molar-refractivity contribution in [2.45, 2.75) is 25.6 Å². The van der Waals surface area contributed by atoms with Crippen LogP contribution in [-0.2, 0) is 17.5 Å². The molecule has 2 aromatic heterocycles. The quantitative estimate of drug-likeness (QED) is 0.459. The van der Waals surface area contributed by atoms with Gasteiger partial charge in [-0.2, -0.15) is 23.4 Å². The van der Waals surface area contributed by atoms with Gasteiger partial charge in [0.25, 0.3) is 0 Å². The number of fused-ring (bicyclic) bond motifs is 1. The average Bonchev–Trinajstić information content (AvgIpc) is 3.38. The maximum absolute atomic E-state index is 13.2. The van der Waals surface area contributed by atoms with Crippen molar-refractivity contribution in [1.29, 1.82) is 0 Å². The van der Waals surface area contributed by atoms with Crippen molar-refractivity contribution < 1.29 is 18.0 Å². The predicted octanol–water partition coefficient (Wildman–Crippen LogP) is 4.84. The Morgan fingerprint density at radius 2 is 2.00 bits per heavy atom. The van der Waals surface area contributed by atoms with Crippen molar-refractivity contribution in [3.8, 4) is 5.69 Å². The Bertz CT molecular complexity index is 1250. The molecule has 0 spiro atoms. The lowest BCUT2D eigenvalue weighted by molar-refractivity contribution is -0.141. The van der Waals surface area contributed by atoms with Gasteiger partial charge in [-0.3, -0.25) is 9.89 Å². The average molecular weight is 448 g/mol. The fourth-order valence-corrected chi connectivity index (χ4v) is 3.54.